The van der Waals surface area contributed by atoms with Crippen LogP contribution in [0.3, 0.4) is 0 Å². The molecule has 0 atom stereocenters. The standard InChI is InChI=1S/C19H25ClN2O/c1-4-19(23)22(12-15(2)3)14-17-9-7-11-21(17)13-16-8-5-6-10-18(16)20/h5-11,15H,4,12-14H2,1-3H3. The fraction of sp³-hybridized carbons (Fsp3) is 0.421. The number of hydrogen-bond acceptors (Lipinski definition) is 1. The average Bonchev–Trinajstić information content (AvgIpc) is 2.94. The zero-order chi connectivity index (χ0) is 16.8. The molecule has 4 heteroatoms. The van der Waals surface area contributed by atoms with E-state index in [0.29, 0.717) is 18.9 Å². The molecule has 1 heterocycles. The number of rotatable bonds is 7. The van der Waals surface area contributed by atoms with Crippen LogP contribution in [0.25, 0.3) is 0 Å². The number of aromatic nitrogens is 1. The van der Waals surface area contributed by atoms with Gasteiger partial charge in [-0.2, -0.15) is 0 Å². The van der Waals surface area contributed by atoms with Gasteiger partial charge in [-0.25, -0.2) is 0 Å². The summed E-state index contributed by atoms with van der Waals surface area (Å²) in [5.74, 6) is 0.654. The fourth-order valence-electron chi connectivity index (χ4n) is 2.67. The molecule has 0 radical (unpaired) electrons. The van der Waals surface area contributed by atoms with Gasteiger partial charge in [0.25, 0.3) is 0 Å². The van der Waals surface area contributed by atoms with Crippen LogP contribution in [-0.2, 0) is 17.9 Å². The maximum atomic E-state index is 12.2. The molecule has 0 N–H and O–H groups in total. The Morgan fingerprint density at radius 3 is 2.61 bits per heavy atom. The normalized spacial score (nSPS) is 11.0. The van der Waals surface area contributed by atoms with Crippen molar-refractivity contribution in [3.05, 3.63) is 58.9 Å². The molecule has 0 aliphatic rings. The van der Waals surface area contributed by atoms with E-state index in [-0.39, 0.29) is 5.91 Å². The Balaban J connectivity index is 2.16. The molecule has 1 amide bonds. The molecule has 23 heavy (non-hydrogen) atoms. The second kappa shape index (κ2) is 8.21. The summed E-state index contributed by atoms with van der Waals surface area (Å²) in [6.45, 7) is 8.33. The predicted molar refractivity (Wildman–Crippen MR) is 95.5 cm³/mol. The van der Waals surface area contributed by atoms with E-state index in [2.05, 4.69) is 24.5 Å². The van der Waals surface area contributed by atoms with E-state index < -0.39 is 0 Å². The molecule has 1 aromatic heterocycles. The molecular weight excluding hydrogens is 308 g/mol. The summed E-state index contributed by atoms with van der Waals surface area (Å²) in [6.07, 6.45) is 2.58. The minimum Gasteiger partial charge on any atom is -0.345 e. The summed E-state index contributed by atoms with van der Waals surface area (Å²) in [5.41, 5.74) is 2.22. The summed E-state index contributed by atoms with van der Waals surface area (Å²) in [6, 6.07) is 12.0. The zero-order valence-electron chi connectivity index (χ0n) is 14.1. The van der Waals surface area contributed by atoms with Crippen molar-refractivity contribution >= 4 is 17.5 Å². The Kier molecular flexibility index (Phi) is 6.28. The predicted octanol–water partition coefficient (Wildman–Crippen LogP) is 4.58. The van der Waals surface area contributed by atoms with Gasteiger partial charge in [0.2, 0.25) is 5.91 Å². The number of carbonyl (C=O) groups is 1. The molecule has 2 aromatic rings. The van der Waals surface area contributed by atoms with Gasteiger partial charge in [-0.3, -0.25) is 4.79 Å². The van der Waals surface area contributed by atoms with Crippen LogP contribution in [0.1, 0.15) is 38.4 Å². The SMILES string of the molecule is CCC(=O)N(Cc1cccn1Cc1ccccc1Cl)CC(C)C. The Bertz CT molecular complexity index is 648. The van der Waals surface area contributed by atoms with Crippen LogP contribution in [0.2, 0.25) is 5.02 Å². The van der Waals surface area contributed by atoms with Gasteiger partial charge in [0, 0.05) is 36.4 Å². The summed E-state index contributed by atoms with van der Waals surface area (Å²) < 4.78 is 2.16. The Hall–Kier alpha value is -1.74. The first-order valence-corrected chi connectivity index (χ1v) is 8.54. The number of nitrogens with zero attached hydrogens (tertiary/aromatic N) is 2. The van der Waals surface area contributed by atoms with Crippen molar-refractivity contribution in [3.8, 4) is 0 Å². The van der Waals surface area contributed by atoms with Gasteiger partial charge in [-0.1, -0.05) is 50.6 Å². The molecule has 0 unspecified atom stereocenters. The van der Waals surface area contributed by atoms with Gasteiger partial charge in [0.15, 0.2) is 0 Å². The molecule has 0 spiro atoms. The molecule has 1 aromatic carbocycles. The topological polar surface area (TPSA) is 25.2 Å². The number of halogens is 1. The smallest absolute Gasteiger partial charge is 0.222 e. The maximum absolute atomic E-state index is 12.2. The minimum atomic E-state index is 0.198. The second-order valence-electron chi connectivity index (χ2n) is 6.24. The number of carbonyl (C=O) groups excluding carboxylic acids is 1. The van der Waals surface area contributed by atoms with Crippen molar-refractivity contribution in [2.75, 3.05) is 6.54 Å². The third-order valence-corrected chi connectivity index (χ3v) is 4.18. The Morgan fingerprint density at radius 2 is 1.96 bits per heavy atom. The molecule has 124 valence electrons. The van der Waals surface area contributed by atoms with Crippen molar-refractivity contribution in [2.45, 2.75) is 40.3 Å². The largest absolute Gasteiger partial charge is 0.345 e. The van der Waals surface area contributed by atoms with Crippen molar-refractivity contribution in [1.29, 1.82) is 0 Å². The molecular formula is C19H25ClN2O. The first-order valence-electron chi connectivity index (χ1n) is 8.16. The van der Waals surface area contributed by atoms with Crippen LogP contribution in [0, 0.1) is 5.92 Å². The molecule has 3 nitrogen and oxygen atoms in total. The van der Waals surface area contributed by atoms with Crippen molar-refractivity contribution < 1.29 is 4.79 Å². The molecule has 2 rings (SSSR count). The van der Waals surface area contributed by atoms with Crippen molar-refractivity contribution in [3.63, 3.8) is 0 Å². The number of benzene rings is 1. The number of amides is 1. The summed E-state index contributed by atoms with van der Waals surface area (Å²) in [5, 5.41) is 0.774. The lowest BCUT2D eigenvalue weighted by molar-refractivity contribution is -0.132. The lowest BCUT2D eigenvalue weighted by atomic mass is 10.2. The number of hydrogen-bond donors (Lipinski definition) is 0. The molecule has 0 saturated carbocycles. The van der Waals surface area contributed by atoms with E-state index in [1.807, 2.05) is 48.4 Å². The van der Waals surface area contributed by atoms with Crippen molar-refractivity contribution in [2.24, 2.45) is 5.92 Å². The van der Waals surface area contributed by atoms with Crippen LogP contribution in [0.15, 0.2) is 42.6 Å². The van der Waals surface area contributed by atoms with Gasteiger partial charge in [-0.05, 0) is 29.7 Å². The highest BCUT2D eigenvalue weighted by atomic mass is 35.5. The van der Waals surface area contributed by atoms with Crippen LogP contribution in [0.5, 0.6) is 0 Å². The summed E-state index contributed by atoms with van der Waals surface area (Å²) >= 11 is 6.26. The minimum absolute atomic E-state index is 0.198. The van der Waals surface area contributed by atoms with Crippen LogP contribution < -0.4 is 0 Å². The van der Waals surface area contributed by atoms with E-state index in [0.717, 1.165) is 29.4 Å². The van der Waals surface area contributed by atoms with Gasteiger partial charge in [-0.15, -0.1) is 0 Å². The monoisotopic (exact) mass is 332 g/mol. The van der Waals surface area contributed by atoms with Crippen molar-refractivity contribution in [1.82, 2.24) is 9.47 Å². The fourth-order valence-corrected chi connectivity index (χ4v) is 2.87. The third kappa shape index (κ3) is 4.87. The molecule has 0 aliphatic carbocycles. The molecule has 0 bridgehead atoms. The van der Waals surface area contributed by atoms with Gasteiger partial charge < -0.3 is 9.47 Å². The summed E-state index contributed by atoms with van der Waals surface area (Å²) in [7, 11) is 0. The maximum Gasteiger partial charge on any atom is 0.222 e. The third-order valence-electron chi connectivity index (χ3n) is 3.82. The lowest BCUT2D eigenvalue weighted by Crippen LogP contribution is -2.33. The average molecular weight is 333 g/mol. The summed E-state index contributed by atoms with van der Waals surface area (Å²) in [4.78, 5) is 14.1. The highest BCUT2D eigenvalue weighted by Gasteiger charge is 2.15. The zero-order valence-corrected chi connectivity index (χ0v) is 14.9. The van der Waals surface area contributed by atoms with Gasteiger partial charge in [0.05, 0.1) is 6.54 Å². The lowest BCUT2D eigenvalue weighted by Gasteiger charge is -2.25. The van der Waals surface area contributed by atoms with E-state index in [4.69, 9.17) is 11.6 Å². The second-order valence-corrected chi connectivity index (χ2v) is 6.65. The van der Waals surface area contributed by atoms with E-state index >= 15 is 0 Å². The molecule has 0 fully saturated rings. The quantitative estimate of drug-likeness (QED) is 0.728. The molecule has 0 aliphatic heterocycles. The van der Waals surface area contributed by atoms with Gasteiger partial charge >= 0.3 is 0 Å². The van der Waals surface area contributed by atoms with E-state index in [1.165, 1.54) is 0 Å². The van der Waals surface area contributed by atoms with Crippen LogP contribution in [0.4, 0.5) is 0 Å². The highest BCUT2D eigenvalue weighted by molar-refractivity contribution is 6.31. The van der Waals surface area contributed by atoms with Gasteiger partial charge in [0.1, 0.15) is 0 Å². The van der Waals surface area contributed by atoms with E-state index in [1.54, 1.807) is 0 Å². The first kappa shape index (κ1) is 17.6. The first-order chi connectivity index (χ1) is 11.0. The Morgan fingerprint density at radius 1 is 1.22 bits per heavy atom. The van der Waals surface area contributed by atoms with E-state index in [9.17, 15) is 4.79 Å². The highest BCUT2D eigenvalue weighted by Crippen LogP contribution is 2.18. The van der Waals surface area contributed by atoms with Crippen LogP contribution in [-0.4, -0.2) is 21.9 Å². The molecule has 0 saturated heterocycles. The van der Waals surface area contributed by atoms with Crippen LogP contribution >= 0.6 is 11.6 Å². The Labute approximate surface area is 143 Å².